The van der Waals surface area contributed by atoms with Gasteiger partial charge in [0.25, 0.3) is 0 Å². The Morgan fingerprint density at radius 2 is 0.632 bits per heavy atom. The normalized spacial score (nSPS) is 20.6. The Hall–Kier alpha value is 3.78. The fourth-order valence-corrected chi connectivity index (χ4v) is 161. The van der Waals surface area contributed by atoms with Gasteiger partial charge in [0, 0.05) is 0 Å². The fourth-order valence-electron chi connectivity index (χ4n) is 11.9. The number of hydrogen-bond donors (Lipinski definition) is 0. The molecule has 382 valence electrons. The molecule has 3 rings (SSSR count). The molecule has 1 saturated heterocycles. The summed E-state index contributed by atoms with van der Waals surface area (Å²) in [6.45, 7) is 71.0. The number of aromatic nitrogens is 2. The maximum absolute atomic E-state index is 6.58. The molecule has 18 heteroatoms. The van der Waals surface area contributed by atoms with Gasteiger partial charge in [-0.25, -0.2) is 0 Å². The predicted octanol–water partition coefficient (Wildman–Crippen LogP) is 17.6. The Morgan fingerprint density at radius 3 is 0.824 bits per heavy atom. The van der Waals surface area contributed by atoms with E-state index in [0.717, 1.165) is 51.5 Å². The van der Waals surface area contributed by atoms with Gasteiger partial charge in [0.2, 0.25) is 0 Å². The second-order valence-corrected chi connectivity index (χ2v) is 107. The van der Waals surface area contributed by atoms with E-state index in [1.54, 1.807) is 0 Å². The van der Waals surface area contributed by atoms with E-state index in [4.69, 9.17) is 27.6 Å². The summed E-state index contributed by atoms with van der Waals surface area (Å²) in [4.78, 5) is 12.6. The first-order valence-electron chi connectivity index (χ1n) is 26.0. The van der Waals surface area contributed by atoms with Gasteiger partial charge in [0.1, 0.15) is 0 Å². The van der Waals surface area contributed by atoms with E-state index < -0.39 is 110 Å². The third kappa shape index (κ3) is 13.3. The SMILES string of the molecule is CC(C)P(=N[Si](C)(C)C)(C(C)C)[CH]([Pb])c1cccc([C]2(P(=N[Si](C)(C)C)(C(C)C)C(C)C)[Pb][C](c3cccc([CH]([Pb])P(=N[Si](C)(C)C)(C(C)C)C(C)C)n3)(P(=N[Si](C)(C)C)(C(C)C)C(C)C)[Pb]2)n1. The molecule has 0 saturated carbocycles. The van der Waals surface area contributed by atoms with Crippen LogP contribution >= 0.6 is 28.2 Å². The molecule has 3 heterocycles. The Bertz CT molecular complexity index is 2090. The molecular formula is C50H100N6P4Pb4Si4. The summed E-state index contributed by atoms with van der Waals surface area (Å²) in [5, 5.41) is 0. The third-order valence-electron chi connectivity index (χ3n) is 13.8. The van der Waals surface area contributed by atoms with Gasteiger partial charge in [-0.1, -0.05) is 0 Å². The molecule has 2 aromatic heterocycles. The molecule has 0 aliphatic carbocycles. The zero-order valence-corrected chi connectivity index (χ0v) is 71.8. The van der Waals surface area contributed by atoms with Crippen LogP contribution in [-0.2, 0) is 0.549 Å². The standard InChI is InChI=1S/2C25H50N3P2Si2.4Pb/c2*1-20(2)29(21(3)4,27-31(9,10)11)18-24-16-15-17-25(26-24)19-30(22(5)6,23(7)8)28-32(12,13)14;;;;/h2*15-18,20-23H,1-14H3;;;;. The minimum atomic E-state index is -2.01. The van der Waals surface area contributed by atoms with Crippen LogP contribution in [0.15, 0.2) is 54.0 Å². The second kappa shape index (κ2) is 24.0. The molecule has 0 bridgehead atoms. The minimum absolute atomic E-state index is 0.182. The van der Waals surface area contributed by atoms with Crippen LogP contribution in [0.5, 0.6) is 0 Å². The van der Waals surface area contributed by atoms with E-state index in [1.807, 2.05) is 0 Å². The van der Waals surface area contributed by atoms with Crippen LogP contribution in [0.1, 0.15) is 140 Å². The van der Waals surface area contributed by atoms with Crippen molar-refractivity contribution in [3.05, 3.63) is 59.2 Å². The fraction of sp³-hybridized carbons (Fsp3) is 0.800. The van der Waals surface area contributed by atoms with E-state index in [-0.39, 0.29) is 0.549 Å². The molecule has 0 aromatic carbocycles. The third-order valence-corrected chi connectivity index (χ3v) is 106. The zero-order valence-electron chi connectivity index (χ0n) is 48.7. The van der Waals surface area contributed by atoms with Gasteiger partial charge in [-0.3, -0.25) is 0 Å². The molecule has 0 amide bonds. The average Bonchev–Trinajstić information content (AvgIpc) is 3.14. The topological polar surface area (TPSA) is 75.2 Å². The van der Waals surface area contributed by atoms with Gasteiger partial charge < -0.3 is 0 Å². The van der Waals surface area contributed by atoms with Crippen LogP contribution in [0.25, 0.3) is 0 Å². The van der Waals surface area contributed by atoms with Crippen molar-refractivity contribution >= 4 is 161 Å². The summed E-state index contributed by atoms with van der Waals surface area (Å²) in [5.74, 6) is 0. The van der Waals surface area contributed by atoms with Gasteiger partial charge in [0.05, 0.1) is 0 Å². The summed E-state index contributed by atoms with van der Waals surface area (Å²) < 4.78 is 26.6. The van der Waals surface area contributed by atoms with Gasteiger partial charge in [-0.05, 0) is 0 Å². The van der Waals surface area contributed by atoms with Gasteiger partial charge in [-0.15, -0.1) is 0 Å². The van der Waals surface area contributed by atoms with E-state index in [1.165, 1.54) is 22.8 Å². The first-order chi connectivity index (χ1) is 30.5. The van der Waals surface area contributed by atoms with Crippen molar-refractivity contribution < 1.29 is 0 Å². The molecule has 6 nitrogen and oxygen atoms in total. The molecule has 2 aromatic rings. The van der Waals surface area contributed by atoms with E-state index in [0.29, 0.717) is 51.7 Å². The van der Waals surface area contributed by atoms with Crippen molar-refractivity contribution in [2.75, 3.05) is 0 Å². The molecule has 2 unspecified atom stereocenters. The van der Waals surface area contributed by atoms with Gasteiger partial charge >= 0.3 is 490 Å². The van der Waals surface area contributed by atoms with Crippen molar-refractivity contribution in [1.29, 1.82) is 0 Å². The van der Waals surface area contributed by atoms with E-state index in [9.17, 15) is 0 Å². The number of hydrogen-bond acceptors (Lipinski definition) is 6. The summed E-state index contributed by atoms with van der Waals surface area (Å²) in [6, 6.07) is 15.1. The van der Waals surface area contributed by atoms with Crippen LogP contribution in [-0.4, -0.2) is 188 Å². The summed E-state index contributed by atoms with van der Waals surface area (Å²) in [5.41, 5.74) is 10.00. The monoisotopic (exact) mass is 1850 g/mol. The van der Waals surface area contributed by atoms with Crippen molar-refractivity contribution in [2.45, 2.75) is 242 Å². The average molecular weight is 1850 g/mol. The van der Waals surface area contributed by atoms with Gasteiger partial charge in [-0.2, -0.15) is 0 Å². The summed E-state index contributed by atoms with van der Waals surface area (Å²) in [6.07, 6.45) is 0. The Kier molecular flexibility index (Phi) is 23.3. The Labute approximate surface area is 483 Å². The zero-order chi connectivity index (χ0) is 53.0. The second-order valence-electron chi connectivity index (χ2n) is 26.3. The van der Waals surface area contributed by atoms with E-state index >= 15 is 0 Å². The van der Waals surface area contributed by atoms with Crippen LogP contribution in [0, 0.1) is 0 Å². The molecule has 0 spiro atoms. The predicted molar refractivity (Wildman–Crippen MR) is 332 cm³/mol. The summed E-state index contributed by atoms with van der Waals surface area (Å²) >= 11 is -1.66. The molecule has 2 atom stereocenters. The van der Waals surface area contributed by atoms with Crippen molar-refractivity contribution in [3.8, 4) is 0 Å². The van der Waals surface area contributed by atoms with Gasteiger partial charge in [0.15, 0.2) is 0 Å². The van der Waals surface area contributed by atoms with Crippen LogP contribution in [0.3, 0.4) is 0 Å². The molecule has 68 heavy (non-hydrogen) atoms. The van der Waals surface area contributed by atoms with Crippen molar-refractivity contribution in [2.24, 2.45) is 17.6 Å². The molecule has 10 radical (unpaired) electrons. The Balaban J connectivity index is 2.82. The quantitative estimate of drug-likeness (QED) is 0.0978. The molecule has 0 N–H and O–H groups in total. The van der Waals surface area contributed by atoms with Crippen molar-refractivity contribution in [1.82, 2.24) is 9.97 Å². The van der Waals surface area contributed by atoms with Crippen molar-refractivity contribution in [3.63, 3.8) is 0 Å². The molecule has 1 aliphatic rings. The number of pyridine rings is 2. The molecule has 1 aliphatic heterocycles. The Morgan fingerprint density at radius 1 is 0.397 bits per heavy atom. The number of rotatable bonds is 20. The first-order valence-corrected chi connectivity index (χ1v) is 59.7. The molecular weight excluding hydrogens is 1750 g/mol. The van der Waals surface area contributed by atoms with Crippen LogP contribution < -0.4 is 0 Å². The maximum atomic E-state index is 6.58. The number of nitrogens with zero attached hydrogens (tertiary/aromatic N) is 6. The van der Waals surface area contributed by atoms with E-state index in [2.05, 4.69) is 226 Å². The summed E-state index contributed by atoms with van der Waals surface area (Å²) in [7, 11) is -14.9. The first kappa shape index (κ1) is 66.1. The van der Waals surface area contributed by atoms with Crippen LogP contribution in [0.4, 0.5) is 0 Å². The van der Waals surface area contributed by atoms with Crippen LogP contribution in [0.2, 0.25) is 78.6 Å². The molecule has 1 fully saturated rings.